The minimum Gasteiger partial charge on any atom is -0.497 e. The van der Waals surface area contributed by atoms with Gasteiger partial charge in [-0.1, -0.05) is 18.2 Å². The van der Waals surface area contributed by atoms with Gasteiger partial charge in [-0.05, 0) is 30.7 Å². The maximum Gasteiger partial charge on any atom is 0.257 e. The molecule has 0 atom stereocenters. The molecule has 1 N–H and O–H groups in total. The second-order valence-corrected chi connectivity index (χ2v) is 7.51. The first-order valence-electron chi connectivity index (χ1n) is 8.89. The summed E-state index contributed by atoms with van der Waals surface area (Å²) < 4.78 is 12.4. The summed E-state index contributed by atoms with van der Waals surface area (Å²) in [6, 6.07) is 13.1. The molecule has 0 bridgehead atoms. The predicted molar refractivity (Wildman–Crippen MR) is 111 cm³/mol. The summed E-state index contributed by atoms with van der Waals surface area (Å²) in [5, 5.41) is 7.84. The molecule has 3 aromatic rings. The van der Waals surface area contributed by atoms with Crippen LogP contribution >= 0.6 is 11.8 Å². The van der Waals surface area contributed by atoms with Crippen LogP contribution in [-0.4, -0.2) is 29.9 Å². The first kappa shape index (κ1) is 18.4. The van der Waals surface area contributed by atoms with Gasteiger partial charge >= 0.3 is 0 Å². The highest BCUT2D eigenvalue weighted by atomic mass is 32.2. The number of anilines is 1. The smallest absolute Gasteiger partial charge is 0.257 e. The van der Waals surface area contributed by atoms with E-state index in [0.29, 0.717) is 17.1 Å². The van der Waals surface area contributed by atoms with Gasteiger partial charge in [0.2, 0.25) is 0 Å². The average molecular weight is 395 g/mol. The minimum absolute atomic E-state index is 0.230. The zero-order valence-electron chi connectivity index (χ0n) is 16.0. The van der Waals surface area contributed by atoms with Crippen molar-refractivity contribution in [3.05, 3.63) is 64.8 Å². The Balaban J connectivity index is 1.74. The van der Waals surface area contributed by atoms with E-state index in [1.807, 2.05) is 35.9 Å². The number of fused-ring (bicyclic) bond motifs is 1. The van der Waals surface area contributed by atoms with E-state index in [-0.39, 0.29) is 5.91 Å². The average Bonchev–Trinajstić information content (AvgIpc) is 3.30. The van der Waals surface area contributed by atoms with Gasteiger partial charge in [-0.25, -0.2) is 4.68 Å². The molecule has 0 aliphatic carbocycles. The summed E-state index contributed by atoms with van der Waals surface area (Å²) in [7, 11) is 3.13. The SMILES string of the molecule is COc1cc(OC)cc(C(=O)Nc2c3c(nn2-c2ccccc2C)CSC3)c1. The van der Waals surface area contributed by atoms with E-state index in [1.165, 1.54) is 0 Å². The van der Waals surface area contributed by atoms with Gasteiger partial charge in [0, 0.05) is 28.7 Å². The number of nitrogens with one attached hydrogen (secondary N) is 1. The Hall–Kier alpha value is -2.93. The maximum absolute atomic E-state index is 13.0. The van der Waals surface area contributed by atoms with E-state index in [4.69, 9.17) is 14.6 Å². The number of para-hydroxylation sites is 1. The molecule has 0 spiro atoms. The number of amides is 1. The second kappa shape index (κ2) is 7.59. The fourth-order valence-electron chi connectivity index (χ4n) is 3.24. The highest BCUT2D eigenvalue weighted by molar-refractivity contribution is 7.98. The summed E-state index contributed by atoms with van der Waals surface area (Å²) in [6.45, 7) is 2.04. The molecule has 0 fully saturated rings. The Labute approximate surface area is 167 Å². The fraction of sp³-hybridized carbons (Fsp3) is 0.238. The molecule has 0 saturated heterocycles. The standard InChI is InChI=1S/C21H21N3O3S/c1-13-6-4-5-7-19(13)24-20(17-11-28-12-18(17)23-24)22-21(25)14-8-15(26-2)10-16(9-14)27-3/h4-10H,11-12H2,1-3H3,(H,22,25). The lowest BCUT2D eigenvalue weighted by Crippen LogP contribution is -2.17. The summed E-state index contributed by atoms with van der Waals surface area (Å²) in [6.07, 6.45) is 0. The van der Waals surface area contributed by atoms with Crippen molar-refractivity contribution in [1.82, 2.24) is 9.78 Å². The third-order valence-electron chi connectivity index (χ3n) is 4.74. The normalized spacial score (nSPS) is 12.5. The van der Waals surface area contributed by atoms with Crippen molar-refractivity contribution in [3.63, 3.8) is 0 Å². The maximum atomic E-state index is 13.0. The first-order valence-corrected chi connectivity index (χ1v) is 10.0. The van der Waals surface area contributed by atoms with Crippen LogP contribution in [-0.2, 0) is 11.5 Å². The number of benzene rings is 2. The van der Waals surface area contributed by atoms with Crippen LogP contribution in [0.2, 0.25) is 0 Å². The van der Waals surface area contributed by atoms with Crippen LogP contribution in [0.25, 0.3) is 5.69 Å². The van der Waals surface area contributed by atoms with Gasteiger partial charge < -0.3 is 14.8 Å². The van der Waals surface area contributed by atoms with Gasteiger partial charge in [0.25, 0.3) is 5.91 Å². The molecule has 28 heavy (non-hydrogen) atoms. The van der Waals surface area contributed by atoms with Crippen LogP contribution in [0.15, 0.2) is 42.5 Å². The van der Waals surface area contributed by atoms with E-state index in [9.17, 15) is 4.79 Å². The Morgan fingerprint density at radius 1 is 1.11 bits per heavy atom. The highest BCUT2D eigenvalue weighted by Crippen LogP contribution is 2.37. The molecule has 0 saturated carbocycles. The number of methoxy groups -OCH3 is 2. The molecule has 4 rings (SSSR count). The molecule has 1 aliphatic rings. The van der Waals surface area contributed by atoms with Crippen LogP contribution in [0.4, 0.5) is 5.82 Å². The van der Waals surface area contributed by atoms with Crippen LogP contribution in [0.3, 0.4) is 0 Å². The number of rotatable bonds is 5. The Morgan fingerprint density at radius 2 is 1.82 bits per heavy atom. The van der Waals surface area contributed by atoms with Crippen molar-refractivity contribution in [2.24, 2.45) is 0 Å². The molecular weight excluding hydrogens is 374 g/mol. The van der Waals surface area contributed by atoms with Crippen LogP contribution in [0.5, 0.6) is 11.5 Å². The van der Waals surface area contributed by atoms with Crippen LogP contribution in [0, 0.1) is 6.92 Å². The number of carbonyl (C=O) groups excluding carboxylic acids is 1. The second-order valence-electron chi connectivity index (χ2n) is 6.52. The Bertz CT molecular complexity index is 1020. The van der Waals surface area contributed by atoms with E-state index >= 15 is 0 Å². The first-order chi connectivity index (χ1) is 13.6. The Kier molecular flexibility index (Phi) is 5.00. The Morgan fingerprint density at radius 3 is 2.50 bits per heavy atom. The van der Waals surface area contributed by atoms with Gasteiger partial charge in [0.05, 0.1) is 25.6 Å². The summed E-state index contributed by atoms with van der Waals surface area (Å²) in [5.74, 6) is 3.31. The lowest BCUT2D eigenvalue weighted by molar-refractivity contribution is 0.102. The lowest BCUT2D eigenvalue weighted by atomic mass is 10.1. The monoisotopic (exact) mass is 395 g/mol. The third-order valence-corrected chi connectivity index (χ3v) is 5.71. The van der Waals surface area contributed by atoms with Crippen molar-refractivity contribution < 1.29 is 14.3 Å². The molecule has 2 heterocycles. The molecule has 144 valence electrons. The zero-order valence-corrected chi connectivity index (χ0v) is 16.8. The number of ether oxygens (including phenoxy) is 2. The molecular formula is C21H21N3O3S. The number of thioether (sulfide) groups is 1. The number of hydrogen-bond acceptors (Lipinski definition) is 5. The van der Waals surface area contributed by atoms with Gasteiger partial charge in [-0.3, -0.25) is 4.79 Å². The van der Waals surface area contributed by atoms with Gasteiger partial charge in [-0.15, -0.1) is 0 Å². The topological polar surface area (TPSA) is 65.4 Å². The minimum atomic E-state index is -0.230. The molecule has 1 amide bonds. The largest absolute Gasteiger partial charge is 0.497 e. The molecule has 1 aromatic heterocycles. The van der Waals surface area contributed by atoms with Crippen molar-refractivity contribution >= 4 is 23.5 Å². The molecule has 0 unspecified atom stereocenters. The number of aryl methyl sites for hydroxylation is 1. The number of hydrogen-bond donors (Lipinski definition) is 1. The van der Waals surface area contributed by atoms with Gasteiger partial charge in [0.15, 0.2) is 0 Å². The summed E-state index contributed by atoms with van der Waals surface area (Å²) in [5.41, 5.74) is 4.62. The van der Waals surface area contributed by atoms with E-state index in [2.05, 4.69) is 5.32 Å². The molecule has 2 aromatic carbocycles. The van der Waals surface area contributed by atoms with Crippen molar-refractivity contribution in [2.45, 2.75) is 18.4 Å². The van der Waals surface area contributed by atoms with Gasteiger partial charge in [-0.2, -0.15) is 16.9 Å². The summed E-state index contributed by atoms with van der Waals surface area (Å²) in [4.78, 5) is 13.0. The number of carbonyl (C=O) groups is 1. The van der Waals surface area contributed by atoms with Crippen molar-refractivity contribution in [3.8, 4) is 17.2 Å². The number of nitrogens with zero attached hydrogens (tertiary/aromatic N) is 2. The van der Waals surface area contributed by atoms with E-state index < -0.39 is 0 Å². The van der Waals surface area contributed by atoms with Crippen LogP contribution < -0.4 is 14.8 Å². The quantitative estimate of drug-likeness (QED) is 0.701. The van der Waals surface area contributed by atoms with E-state index in [0.717, 1.165) is 39.8 Å². The van der Waals surface area contributed by atoms with Crippen LogP contribution in [0.1, 0.15) is 27.2 Å². The predicted octanol–water partition coefficient (Wildman–Crippen LogP) is 4.20. The number of aromatic nitrogens is 2. The lowest BCUT2D eigenvalue weighted by Gasteiger charge is -2.14. The van der Waals surface area contributed by atoms with Gasteiger partial charge in [0.1, 0.15) is 17.3 Å². The zero-order chi connectivity index (χ0) is 19.7. The molecule has 1 aliphatic heterocycles. The fourth-order valence-corrected chi connectivity index (χ4v) is 4.27. The van der Waals surface area contributed by atoms with E-state index in [1.54, 1.807) is 44.2 Å². The summed E-state index contributed by atoms with van der Waals surface area (Å²) >= 11 is 1.80. The molecule has 6 nitrogen and oxygen atoms in total. The molecule has 7 heteroatoms. The molecule has 0 radical (unpaired) electrons. The van der Waals surface area contributed by atoms with Crippen molar-refractivity contribution in [1.29, 1.82) is 0 Å². The third kappa shape index (κ3) is 3.33. The highest BCUT2D eigenvalue weighted by Gasteiger charge is 2.25. The van der Waals surface area contributed by atoms with Crippen molar-refractivity contribution in [2.75, 3.05) is 19.5 Å².